The fraction of sp³-hybridized carbons (Fsp3) is 0.368. The van der Waals surface area contributed by atoms with Gasteiger partial charge in [0.05, 0.1) is 5.71 Å². The molecule has 0 aromatic heterocycles. The summed E-state index contributed by atoms with van der Waals surface area (Å²) >= 11 is 0. The molecule has 2 aromatic rings. The van der Waals surface area contributed by atoms with Gasteiger partial charge in [-0.3, -0.25) is 0 Å². The zero-order valence-electron chi connectivity index (χ0n) is 13.7. The van der Waals surface area contributed by atoms with Crippen LogP contribution in [0.4, 0.5) is 0 Å². The van der Waals surface area contributed by atoms with E-state index in [1.54, 1.807) is 0 Å². The van der Waals surface area contributed by atoms with Gasteiger partial charge in [-0.25, -0.2) is 0 Å². The highest BCUT2D eigenvalue weighted by atomic mass is 15.2. The quantitative estimate of drug-likeness (QED) is 0.545. The lowest BCUT2D eigenvalue weighted by atomic mass is 9.95. The standard InChI is InChI=1S/C19H24N2/c1-6-15-8-9-17-11-16(7-2)19(12-18(17)10-15)14(5)21-20-13(3)4/h8-12H,6-7H2,1-5H3/b21-14-. The molecule has 0 N–H and O–H groups in total. The predicted octanol–water partition coefficient (Wildman–Crippen LogP) is 5.17. The highest BCUT2D eigenvalue weighted by Crippen LogP contribution is 2.23. The summed E-state index contributed by atoms with van der Waals surface area (Å²) in [6.45, 7) is 10.3. The second-order valence-corrected chi connectivity index (χ2v) is 5.63. The van der Waals surface area contributed by atoms with Crippen LogP contribution < -0.4 is 0 Å². The molecule has 0 atom stereocenters. The maximum absolute atomic E-state index is 4.36. The first-order valence-electron chi connectivity index (χ1n) is 7.66. The molecule has 0 aliphatic rings. The van der Waals surface area contributed by atoms with Gasteiger partial charge in [0.25, 0.3) is 0 Å². The summed E-state index contributed by atoms with van der Waals surface area (Å²) in [7, 11) is 0. The van der Waals surface area contributed by atoms with E-state index in [4.69, 9.17) is 0 Å². The lowest BCUT2D eigenvalue weighted by molar-refractivity contribution is 1.13. The van der Waals surface area contributed by atoms with Crippen LogP contribution >= 0.6 is 0 Å². The largest absolute Gasteiger partial charge is 0.160 e. The van der Waals surface area contributed by atoms with Crippen LogP contribution in [0.5, 0.6) is 0 Å². The summed E-state index contributed by atoms with van der Waals surface area (Å²) in [5.41, 5.74) is 5.87. The highest BCUT2D eigenvalue weighted by Gasteiger charge is 2.07. The zero-order chi connectivity index (χ0) is 15.4. The molecule has 110 valence electrons. The maximum atomic E-state index is 4.36. The Balaban J connectivity index is 2.60. The SMILES string of the molecule is CCc1ccc2cc(CC)c(/C(C)=N\N=C(C)C)cc2c1. The van der Waals surface area contributed by atoms with Crippen LogP contribution in [0.3, 0.4) is 0 Å². The number of rotatable bonds is 4. The molecule has 2 aromatic carbocycles. The Morgan fingerprint density at radius 3 is 2.24 bits per heavy atom. The molecule has 0 radical (unpaired) electrons. The minimum Gasteiger partial charge on any atom is -0.160 e. The maximum Gasteiger partial charge on any atom is 0.0674 e. The van der Waals surface area contributed by atoms with E-state index in [1.165, 1.54) is 27.5 Å². The third-order valence-electron chi connectivity index (χ3n) is 3.71. The Morgan fingerprint density at radius 1 is 0.857 bits per heavy atom. The van der Waals surface area contributed by atoms with Gasteiger partial charge in [-0.15, -0.1) is 0 Å². The highest BCUT2D eigenvalue weighted by molar-refractivity contribution is 6.03. The second-order valence-electron chi connectivity index (χ2n) is 5.63. The van der Waals surface area contributed by atoms with Crippen LogP contribution in [0.15, 0.2) is 40.5 Å². The van der Waals surface area contributed by atoms with Gasteiger partial charge >= 0.3 is 0 Å². The summed E-state index contributed by atoms with van der Waals surface area (Å²) < 4.78 is 0. The van der Waals surface area contributed by atoms with E-state index in [0.717, 1.165) is 24.3 Å². The van der Waals surface area contributed by atoms with E-state index in [2.05, 4.69) is 54.4 Å². The Hall–Kier alpha value is -1.96. The first-order chi connectivity index (χ1) is 10.0. The molecule has 2 heteroatoms. The normalized spacial score (nSPS) is 11.8. The van der Waals surface area contributed by atoms with Gasteiger partial charge in [0.15, 0.2) is 0 Å². The van der Waals surface area contributed by atoms with E-state index < -0.39 is 0 Å². The smallest absolute Gasteiger partial charge is 0.0674 e. The van der Waals surface area contributed by atoms with Gasteiger partial charge in [-0.2, -0.15) is 10.2 Å². The molecule has 21 heavy (non-hydrogen) atoms. The van der Waals surface area contributed by atoms with Crippen LogP contribution in [0.25, 0.3) is 10.8 Å². The predicted molar refractivity (Wildman–Crippen MR) is 93.7 cm³/mol. The van der Waals surface area contributed by atoms with Crippen molar-refractivity contribution in [1.29, 1.82) is 0 Å². The molecule has 0 spiro atoms. The molecule has 0 unspecified atom stereocenters. The fourth-order valence-electron chi connectivity index (χ4n) is 2.47. The molecule has 0 aliphatic heterocycles. The van der Waals surface area contributed by atoms with Crippen molar-refractivity contribution in [3.8, 4) is 0 Å². The van der Waals surface area contributed by atoms with Gasteiger partial charge < -0.3 is 0 Å². The number of hydrogen-bond donors (Lipinski definition) is 0. The van der Waals surface area contributed by atoms with Gasteiger partial charge in [-0.05, 0) is 61.6 Å². The lowest BCUT2D eigenvalue weighted by Crippen LogP contribution is -2.01. The number of aryl methyl sites for hydroxylation is 2. The Morgan fingerprint density at radius 2 is 1.62 bits per heavy atom. The fourth-order valence-corrected chi connectivity index (χ4v) is 2.47. The van der Waals surface area contributed by atoms with Crippen molar-refractivity contribution in [2.45, 2.75) is 47.5 Å². The number of hydrogen-bond acceptors (Lipinski definition) is 2. The molecule has 0 saturated heterocycles. The molecule has 0 fully saturated rings. The summed E-state index contributed by atoms with van der Waals surface area (Å²) in [5, 5.41) is 11.1. The first-order valence-corrected chi connectivity index (χ1v) is 7.66. The molecule has 2 rings (SSSR count). The minimum absolute atomic E-state index is 0.974. The lowest BCUT2D eigenvalue weighted by Gasteiger charge is -2.10. The van der Waals surface area contributed by atoms with E-state index in [0.29, 0.717) is 0 Å². The summed E-state index contributed by atoms with van der Waals surface area (Å²) in [6, 6.07) is 11.3. The minimum atomic E-state index is 0.974. The Bertz CT molecular complexity index is 705. The average Bonchev–Trinajstić information content (AvgIpc) is 2.50. The molecule has 0 bridgehead atoms. The third kappa shape index (κ3) is 3.57. The molecule has 0 saturated carbocycles. The third-order valence-corrected chi connectivity index (χ3v) is 3.71. The second kappa shape index (κ2) is 6.66. The Kier molecular flexibility index (Phi) is 4.89. The van der Waals surface area contributed by atoms with E-state index in [9.17, 15) is 0 Å². The zero-order valence-corrected chi connectivity index (χ0v) is 13.7. The number of nitrogens with zero attached hydrogens (tertiary/aromatic N) is 2. The van der Waals surface area contributed by atoms with Gasteiger partial charge in [0, 0.05) is 11.3 Å². The average molecular weight is 280 g/mol. The van der Waals surface area contributed by atoms with Gasteiger partial charge in [-0.1, -0.05) is 38.1 Å². The molecular weight excluding hydrogens is 256 g/mol. The molecular formula is C19H24N2. The van der Waals surface area contributed by atoms with Crippen molar-refractivity contribution in [3.63, 3.8) is 0 Å². The van der Waals surface area contributed by atoms with Crippen molar-refractivity contribution in [2.75, 3.05) is 0 Å². The number of benzene rings is 2. The van der Waals surface area contributed by atoms with Crippen molar-refractivity contribution < 1.29 is 0 Å². The summed E-state index contributed by atoms with van der Waals surface area (Å²) in [5.74, 6) is 0. The van der Waals surface area contributed by atoms with E-state index in [1.807, 2.05) is 20.8 Å². The van der Waals surface area contributed by atoms with E-state index >= 15 is 0 Å². The number of fused-ring (bicyclic) bond motifs is 1. The van der Waals surface area contributed by atoms with E-state index in [-0.39, 0.29) is 0 Å². The first kappa shape index (κ1) is 15.4. The van der Waals surface area contributed by atoms with Gasteiger partial charge in [0.1, 0.15) is 0 Å². The summed E-state index contributed by atoms with van der Waals surface area (Å²) in [6.07, 6.45) is 2.07. The topological polar surface area (TPSA) is 24.7 Å². The van der Waals surface area contributed by atoms with Crippen molar-refractivity contribution in [2.24, 2.45) is 10.2 Å². The van der Waals surface area contributed by atoms with Crippen molar-refractivity contribution >= 4 is 22.2 Å². The van der Waals surface area contributed by atoms with Crippen LogP contribution in [-0.4, -0.2) is 11.4 Å². The van der Waals surface area contributed by atoms with Gasteiger partial charge in [0.2, 0.25) is 0 Å². The van der Waals surface area contributed by atoms with Crippen LogP contribution in [0.2, 0.25) is 0 Å². The van der Waals surface area contributed by atoms with Crippen molar-refractivity contribution in [3.05, 3.63) is 47.0 Å². The van der Waals surface area contributed by atoms with Crippen LogP contribution in [0, 0.1) is 0 Å². The van der Waals surface area contributed by atoms with Crippen LogP contribution in [0.1, 0.15) is 51.3 Å². The van der Waals surface area contributed by atoms with Crippen LogP contribution in [-0.2, 0) is 12.8 Å². The Labute approximate surface area is 127 Å². The molecule has 0 aliphatic carbocycles. The molecule has 0 heterocycles. The summed E-state index contributed by atoms with van der Waals surface area (Å²) in [4.78, 5) is 0. The monoisotopic (exact) mass is 280 g/mol. The molecule has 0 amide bonds. The molecule has 2 nitrogen and oxygen atoms in total. The van der Waals surface area contributed by atoms with Crippen molar-refractivity contribution in [1.82, 2.24) is 0 Å².